The van der Waals surface area contributed by atoms with Gasteiger partial charge >= 0.3 is 0 Å². The Balaban J connectivity index is 3.18. The lowest BCUT2D eigenvalue weighted by molar-refractivity contribution is -0.305. The van der Waals surface area contributed by atoms with E-state index in [1.807, 2.05) is 6.92 Å². The van der Waals surface area contributed by atoms with Crippen LogP contribution in [0.15, 0.2) is 0 Å². The van der Waals surface area contributed by atoms with Gasteiger partial charge in [-0.1, -0.05) is 6.92 Å². The molecule has 0 rings (SSSR count). The van der Waals surface area contributed by atoms with Crippen molar-refractivity contribution in [2.75, 3.05) is 13.7 Å². The topological polar surface area (TPSA) is 44.5 Å². The average molecular weight is 133 g/mol. The molecule has 56 valence electrons. The minimum Gasteiger partial charge on any atom is -0.330 e. The Hall–Kier alpha value is -0.120. The van der Waals surface area contributed by atoms with Crippen LogP contribution in [0.5, 0.6) is 0 Å². The van der Waals surface area contributed by atoms with Gasteiger partial charge in [0.05, 0.1) is 13.2 Å². The third kappa shape index (κ3) is 4.39. The highest BCUT2D eigenvalue weighted by atomic mass is 17.2. The molecule has 0 fully saturated rings. The summed E-state index contributed by atoms with van der Waals surface area (Å²) in [5, 5.41) is 0. The van der Waals surface area contributed by atoms with Gasteiger partial charge in [-0.15, -0.1) is 0 Å². The number of hydrogen-bond acceptors (Lipinski definition) is 3. The fourth-order valence-corrected chi connectivity index (χ4v) is 0.642. The van der Waals surface area contributed by atoms with Crippen LogP contribution in [-0.4, -0.2) is 19.8 Å². The first-order valence-electron chi connectivity index (χ1n) is 3.24. The highest BCUT2D eigenvalue weighted by molar-refractivity contribution is 4.52. The van der Waals surface area contributed by atoms with Gasteiger partial charge in [-0.05, 0) is 19.4 Å². The zero-order valence-electron chi connectivity index (χ0n) is 6.09. The molecule has 0 aliphatic carbocycles. The molecule has 9 heavy (non-hydrogen) atoms. The third-order valence-electron chi connectivity index (χ3n) is 1.18. The smallest absolute Gasteiger partial charge is 0.0939 e. The lowest BCUT2D eigenvalue weighted by Gasteiger charge is -2.10. The molecule has 0 heterocycles. The summed E-state index contributed by atoms with van der Waals surface area (Å²) in [6.07, 6.45) is 1.98. The first-order chi connectivity index (χ1) is 4.35. The number of hydrogen-bond donors (Lipinski definition) is 1. The second kappa shape index (κ2) is 6.01. The fraction of sp³-hybridized carbons (Fsp3) is 1.00. The molecule has 0 radical (unpaired) electrons. The van der Waals surface area contributed by atoms with Crippen LogP contribution in [0.25, 0.3) is 0 Å². The van der Waals surface area contributed by atoms with Gasteiger partial charge in [-0.3, -0.25) is 0 Å². The summed E-state index contributed by atoms with van der Waals surface area (Å²) in [7, 11) is 1.51. The van der Waals surface area contributed by atoms with E-state index in [1.54, 1.807) is 0 Å². The van der Waals surface area contributed by atoms with Crippen molar-refractivity contribution >= 4 is 0 Å². The van der Waals surface area contributed by atoms with E-state index in [-0.39, 0.29) is 6.10 Å². The minimum atomic E-state index is 0.167. The molecule has 0 saturated carbocycles. The van der Waals surface area contributed by atoms with Crippen LogP contribution in [0.4, 0.5) is 0 Å². The van der Waals surface area contributed by atoms with Crippen molar-refractivity contribution in [1.29, 1.82) is 0 Å². The Bertz CT molecular complexity index is 53.0. The van der Waals surface area contributed by atoms with Gasteiger partial charge in [-0.2, -0.15) is 0 Å². The Morgan fingerprint density at radius 1 is 1.56 bits per heavy atom. The first-order valence-corrected chi connectivity index (χ1v) is 3.24. The van der Waals surface area contributed by atoms with Crippen LogP contribution in [0, 0.1) is 0 Å². The SMILES string of the molecule is CCC(CCN)OOC. The Labute approximate surface area is 56.1 Å². The molecule has 0 aromatic carbocycles. The maximum atomic E-state index is 5.30. The quantitative estimate of drug-likeness (QED) is 0.443. The summed E-state index contributed by atoms with van der Waals surface area (Å²) < 4.78 is 0. The van der Waals surface area contributed by atoms with Gasteiger partial charge in [0.15, 0.2) is 0 Å². The van der Waals surface area contributed by atoms with Crippen molar-refractivity contribution in [2.24, 2.45) is 5.73 Å². The molecule has 0 bridgehead atoms. The Morgan fingerprint density at radius 3 is 2.56 bits per heavy atom. The monoisotopic (exact) mass is 133 g/mol. The largest absolute Gasteiger partial charge is 0.330 e. The van der Waals surface area contributed by atoms with Crippen LogP contribution < -0.4 is 5.73 Å². The Kier molecular flexibility index (Phi) is 5.93. The molecule has 0 amide bonds. The van der Waals surface area contributed by atoms with Gasteiger partial charge in [0.1, 0.15) is 0 Å². The predicted octanol–water partition coefficient (Wildman–Crippen LogP) is 0.692. The summed E-state index contributed by atoms with van der Waals surface area (Å²) >= 11 is 0. The van der Waals surface area contributed by atoms with Crippen molar-refractivity contribution in [1.82, 2.24) is 0 Å². The first kappa shape index (κ1) is 8.88. The van der Waals surface area contributed by atoms with Crippen molar-refractivity contribution < 1.29 is 9.78 Å². The van der Waals surface area contributed by atoms with Crippen LogP contribution in [0.2, 0.25) is 0 Å². The molecule has 0 aromatic heterocycles. The third-order valence-corrected chi connectivity index (χ3v) is 1.18. The van der Waals surface area contributed by atoms with E-state index in [0.717, 1.165) is 12.8 Å². The summed E-state index contributed by atoms with van der Waals surface area (Å²) in [5.74, 6) is 0. The average Bonchev–Trinajstić information content (AvgIpc) is 1.88. The van der Waals surface area contributed by atoms with Crippen LogP contribution >= 0.6 is 0 Å². The molecule has 2 N–H and O–H groups in total. The highest BCUT2D eigenvalue weighted by Crippen LogP contribution is 2.00. The normalized spacial score (nSPS) is 13.7. The summed E-state index contributed by atoms with van der Waals surface area (Å²) in [5.41, 5.74) is 5.30. The van der Waals surface area contributed by atoms with Crippen molar-refractivity contribution in [3.8, 4) is 0 Å². The van der Waals surface area contributed by atoms with Gasteiger partial charge in [0.25, 0.3) is 0 Å². The lowest BCUT2D eigenvalue weighted by Crippen LogP contribution is -2.16. The molecule has 0 saturated heterocycles. The van der Waals surface area contributed by atoms with Gasteiger partial charge in [0, 0.05) is 0 Å². The maximum absolute atomic E-state index is 5.30. The van der Waals surface area contributed by atoms with Crippen molar-refractivity contribution in [3.63, 3.8) is 0 Å². The zero-order chi connectivity index (χ0) is 7.11. The zero-order valence-corrected chi connectivity index (χ0v) is 6.09. The molecule has 3 heteroatoms. The highest BCUT2D eigenvalue weighted by Gasteiger charge is 2.03. The van der Waals surface area contributed by atoms with Crippen LogP contribution in [0.1, 0.15) is 19.8 Å². The number of nitrogens with two attached hydrogens (primary N) is 1. The van der Waals surface area contributed by atoms with Gasteiger partial charge in [-0.25, -0.2) is 9.78 Å². The molecule has 0 aliphatic heterocycles. The van der Waals surface area contributed by atoms with Gasteiger partial charge < -0.3 is 5.73 Å². The molecule has 1 unspecified atom stereocenters. The molecule has 0 aromatic rings. The number of rotatable bonds is 5. The van der Waals surface area contributed by atoms with E-state index < -0.39 is 0 Å². The maximum Gasteiger partial charge on any atom is 0.0939 e. The van der Waals surface area contributed by atoms with E-state index >= 15 is 0 Å². The molecule has 0 spiro atoms. The van der Waals surface area contributed by atoms with Crippen LogP contribution in [0.3, 0.4) is 0 Å². The van der Waals surface area contributed by atoms with E-state index in [9.17, 15) is 0 Å². The standard InChI is InChI=1S/C6H15NO2/c1-3-6(4-5-7)9-8-2/h6H,3-5,7H2,1-2H3. The summed E-state index contributed by atoms with van der Waals surface area (Å²) in [6, 6.07) is 0. The molecule has 3 nitrogen and oxygen atoms in total. The second-order valence-corrected chi connectivity index (χ2v) is 1.87. The minimum absolute atomic E-state index is 0.167. The predicted molar refractivity (Wildman–Crippen MR) is 35.8 cm³/mol. The molecule has 1 atom stereocenters. The van der Waals surface area contributed by atoms with E-state index in [4.69, 9.17) is 10.6 Å². The lowest BCUT2D eigenvalue weighted by atomic mass is 10.2. The van der Waals surface area contributed by atoms with E-state index in [1.165, 1.54) is 7.11 Å². The Morgan fingerprint density at radius 2 is 2.22 bits per heavy atom. The molecule has 0 aliphatic rings. The van der Waals surface area contributed by atoms with Crippen LogP contribution in [-0.2, 0) is 9.78 Å². The second-order valence-electron chi connectivity index (χ2n) is 1.87. The fourth-order valence-electron chi connectivity index (χ4n) is 0.642. The van der Waals surface area contributed by atoms with Crippen molar-refractivity contribution in [2.45, 2.75) is 25.9 Å². The summed E-state index contributed by atoms with van der Waals surface area (Å²) in [4.78, 5) is 9.34. The van der Waals surface area contributed by atoms with Crippen molar-refractivity contribution in [3.05, 3.63) is 0 Å². The van der Waals surface area contributed by atoms with Gasteiger partial charge in [0.2, 0.25) is 0 Å². The molecular formula is C6H15NO2. The van der Waals surface area contributed by atoms with E-state index in [2.05, 4.69) is 4.89 Å². The molecular weight excluding hydrogens is 118 g/mol. The summed E-state index contributed by atoms with van der Waals surface area (Å²) in [6.45, 7) is 2.70. The van der Waals surface area contributed by atoms with E-state index in [0.29, 0.717) is 6.54 Å².